The van der Waals surface area contributed by atoms with Crippen LogP contribution >= 0.6 is 0 Å². The number of rotatable bonds is 5. The van der Waals surface area contributed by atoms with Crippen molar-refractivity contribution in [3.8, 4) is 11.5 Å². The molecule has 0 amide bonds. The van der Waals surface area contributed by atoms with Gasteiger partial charge in [0.05, 0.1) is 6.61 Å². The van der Waals surface area contributed by atoms with Crippen molar-refractivity contribution in [2.45, 2.75) is 46.0 Å². The van der Waals surface area contributed by atoms with Crippen molar-refractivity contribution in [1.82, 2.24) is 0 Å². The van der Waals surface area contributed by atoms with Crippen LogP contribution < -0.4 is 4.74 Å². The number of ether oxygens (including phenoxy) is 1. The lowest BCUT2D eigenvalue weighted by atomic mass is 9.85. The second kappa shape index (κ2) is 5.95. The predicted molar refractivity (Wildman–Crippen MR) is 73.9 cm³/mol. The van der Waals surface area contributed by atoms with Gasteiger partial charge in [-0.05, 0) is 36.5 Å². The maximum atomic E-state index is 10.4. The highest BCUT2D eigenvalue weighted by atomic mass is 16.5. The highest BCUT2D eigenvalue weighted by molar-refractivity contribution is 5.66. The molecule has 0 heterocycles. The van der Waals surface area contributed by atoms with E-state index in [4.69, 9.17) is 9.84 Å². The van der Waals surface area contributed by atoms with E-state index in [9.17, 15) is 9.90 Å². The zero-order valence-electron chi connectivity index (χ0n) is 12.0. The summed E-state index contributed by atoms with van der Waals surface area (Å²) in [5, 5.41) is 18.6. The number of phenols is 1. The average molecular weight is 266 g/mol. The molecule has 0 aliphatic rings. The molecule has 2 N–H and O–H groups in total. The summed E-state index contributed by atoms with van der Waals surface area (Å²) in [5.74, 6) is 0.150. The lowest BCUT2D eigenvalue weighted by Gasteiger charge is -2.22. The maximum absolute atomic E-state index is 10.4. The molecule has 19 heavy (non-hydrogen) atoms. The Bertz CT molecular complexity index is 458. The van der Waals surface area contributed by atoms with Crippen LogP contribution in [0.3, 0.4) is 0 Å². The van der Waals surface area contributed by atoms with Crippen LogP contribution in [-0.2, 0) is 10.2 Å². The lowest BCUT2D eigenvalue weighted by molar-refractivity contribution is -0.137. The van der Waals surface area contributed by atoms with Crippen molar-refractivity contribution in [2.75, 3.05) is 6.61 Å². The zero-order valence-corrected chi connectivity index (χ0v) is 12.0. The van der Waals surface area contributed by atoms with Crippen molar-refractivity contribution in [3.05, 3.63) is 23.3 Å². The largest absolute Gasteiger partial charge is 0.507 e. The van der Waals surface area contributed by atoms with Crippen LogP contribution in [0.5, 0.6) is 11.5 Å². The smallest absolute Gasteiger partial charge is 0.303 e. The van der Waals surface area contributed by atoms with Gasteiger partial charge in [0.2, 0.25) is 0 Å². The Hall–Kier alpha value is -1.71. The third-order valence-corrected chi connectivity index (χ3v) is 2.89. The van der Waals surface area contributed by atoms with Crippen LogP contribution in [0.2, 0.25) is 0 Å². The fourth-order valence-electron chi connectivity index (χ4n) is 1.81. The molecule has 4 heteroatoms. The molecule has 1 aromatic carbocycles. The van der Waals surface area contributed by atoms with Gasteiger partial charge in [0, 0.05) is 12.0 Å². The first-order valence-corrected chi connectivity index (χ1v) is 6.40. The molecule has 1 aromatic rings. The topological polar surface area (TPSA) is 66.8 Å². The Labute approximate surface area is 114 Å². The summed E-state index contributed by atoms with van der Waals surface area (Å²) in [6, 6.07) is 3.59. The van der Waals surface area contributed by atoms with Gasteiger partial charge in [-0.3, -0.25) is 4.79 Å². The third-order valence-electron chi connectivity index (χ3n) is 2.89. The number of carbonyl (C=O) groups is 1. The monoisotopic (exact) mass is 266 g/mol. The summed E-state index contributed by atoms with van der Waals surface area (Å²) >= 11 is 0. The highest BCUT2D eigenvalue weighted by Gasteiger charge is 2.20. The minimum absolute atomic E-state index is 0.100. The van der Waals surface area contributed by atoms with Gasteiger partial charge < -0.3 is 14.9 Å². The van der Waals surface area contributed by atoms with E-state index in [0.29, 0.717) is 24.5 Å². The quantitative estimate of drug-likeness (QED) is 0.803. The average Bonchev–Trinajstić information content (AvgIpc) is 2.27. The summed E-state index contributed by atoms with van der Waals surface area (Å²) in [6.45, 7) is 8.26. The summed E-state index contributed by atoms with van der Waals surface area (Å²) in [5.41, 5.74) is 1.43. The molecule has 106 valence electrons. The lowest BCUT2D eigenvalue weighted by Crippen LogP contribution is -2.12. The van der Waals surface area contributed by atoms with Crippen LogP contribution in [0.25, 0.3) is 0 Å². The summed E-state index contributed by atoms with van der Waals surface area (Å²) in [7, 11) is 0. The molecule has 0 saturated carbocycles. The van der Waals surface area contributed by atoms with E-state index < -0.39 is 5.97 Å². The molecule has 0 spiro atoms. The number of hydrogen-bond acceptors (Lipinski definition) is 3. The standard InChI is InChI=1S/C15H22O4/c1-10-8-11(19-7-5-6-13(16)17)9-12(14(10)18)15(2,3)4/h8-9,18H,5-7H2,1-4H3,(H,16,17). The molecule has 0 bridgehead atoms. The van der Waals surface area contributed by atoms with Crippen LogP contribution in [0.1, 0.15) is 44.7 Å². The van der Waals surface area contributed by atoms with Crippen LogP contribution in [0.4, 0.5) is 0 Å². The van der Waals surface area contributed by atoms with E-state index in [2.05, 4.69) is 0 Å². The van der Waals surface area contributed by atoms with Gasteiger partial charge in [-0.15, -0.1) is 0 Å². The van der Waals surface area contributed by atoms with E-state index in [0.717, 1.165) is 11.1 Å². The number of benzene rings is 1. The fourth-order valence-corrected chi connectivity index (χ4v) is 1.81. The minimum atomic E-state index is -0.819. The third kappa shape index (κ3) is 4.47. The molecule has 0 saturated heterocycles. The Balaban J connectivity index is 2.80. The second-order valence-electron chi connectivity index (χ2n) is 5.73. The van der Waals surface area contributed by atoms with Crippen molar-refractivity contribution >= 4 is 5.97 Å². The molecule has 4 nitrogen and oxygen atoms in total. The first-order valence-electron chi connectivity index (χ1n) is 6.40. The number of phenolic OH excluding ortho intramolecular Hbond substituents is 1. The molecule has 0 radical (unpaired) electrons. The molecule has 0 aliphatic carbocycles. The number of aryl methyl sites for hydroxylation is 1. The van der Waals surface area contributed by atoms with Gasteiger partial charge in [0.25, 0.3) is 0 Å². The predicted octanol–water partition coefficient (Wildman–Crippen LogP) is 3.24. The number of hydrogen-bond donors (Lipinski definition) is 2. The second-order valence-corrected chi connectivity index (χ2v) is 5.73. The first kappa shape index (κ1) is 15.3. The van der Waals surface area contributed by atoms with Crippen molar-refractivity contribution in [3.63, 3.8) is 0 Å². The number of carboxylic acids is 1. The summed E-state index contributed by atoms with van der Waals surface area (Å²) in [6.07, 6.45) is 0.573. The van der Waals surface area contributed by atoms with Gasteiger partial charge >= 0.3 is 5.97 Å². The molecule has 0 aliphatic heterocycles. The number of aromatic hydroxyl groups is 1. The first-order chi connectivity index (χ1) is 8.71. The zero-order chi connectivity index (χ0) is 14.6. The van der Waals surface area contributed by atoms with Gasteiger partial charge in [0.15, 0.2) is 0 Å². The Morgan fingerprint density at radius 1 is 1.32 bits per heavy atom. The Morgan fingerprint density at radius 2 is 1.95 bits per heavy atom. The summed E-state index contributed by atoms with van der Waals surface area (Å²) in [4.78, 5) is 10.4. The van der Waals surface area contributed by atoms with Crippen LogP contribution in [0.15, 0.2) is 12.1 Å². The SMILES string of the molecule is Cc1cc(OCCCC(=O)O)cc(C(C)(C)C)c1O. The summed E-state index contributed by atoms with van der Waals surface area (Å²) < 4.78 is 5.55. The Kier molecular flexibility index (Phi) is 4.81. The van der Waals surface area contributed by atoms with Gasteiger partial charge in [-0.2, -0.15) is 0 Å². The normalized spacial score (nSPS) is 11.4. The van der Waals surface area contributed by atoms with Crippen molar-refractivity contribution < 1.29 is 19.7 Å². The van der Waals surface area contributed by atoms with Gasteiger partial charge in [-0.1, -0.05) is 20.8 Å². The molecule has 0 atom stereocenters. The molecular weight excluding hydrogens is 244 g/mol. The van der Waals surface area contributed by atoms with Crippen molar-refractivity contribution in [2.24, 2.45) is 0 Å². The van der Waals surface area contributed by atoms with Gasteiger partial charge in [0.1, 0.15) is 11.5 Å². The fraction of sp³-hybridized carbons (Fsp3) is 0.533. The molecular formula is C15H22O4. The minimum Gasteiger partial charge on any atom is -0.507 e. The van der Waals surface area contributed by atoms with E-state index >= 15 is 0 Å². The van der Waals surface area contributed by atoms with Gasteiger partial charge in [-0.25, -0.2) is 0 Å². The Morgan fingerprint density at radius 3 is 2.47 bits per heavy atom. The van der Waals surface area contributed by atoms with Crippen LogP contribution in [0, 0.1) is 6.92 Å². The molecule has 0 aromatic heterocycles. The molecule has 0 fully saturated rings. The van der Waals surface area contributed by atoms with E-state index in [1.54, 1.807) is 6.07 Å². The molecule has 0 unspecified atom stereocenters. The number of aliphatic carboxylic acids is 1. The number of carboxylic acid groups (broad SMARTS) is 1. The van der Waals surface area contributed by atoms with E-state index in [-0.39, 0.29) is 11.8 Å². The molecule has 1 rings (SSSR count). The van der Waals surface area contributed by atoms with Crippen molar-refractivity contribution in [1.29, 1.82) is 0 Å². The van der Waals surface area contributed by atoms with Crippen LogP contribution in [-0.4, -0.2) is 22.8 Å². The maximum Gasteiger partial charge on any atom is 0.303 e. The van der Waals surface area contributed by atoms with E-state index in [1.807, 2.05) is 33.8 Å². The highest BCUT2D eigenvalue weighted by Crippen LogP contribution is 2.36. The van der Waals surface area contributed by atoms with E-state index in [1.165, 1.54) is 0 Å².